The van der Waals surface area contributed by atoms with Crippen molar-refractivity contribution < 1.29 is 4.79 Å². The number of hydrogen-bond acceptors (Lipinski definition) is 3. The SMILES string of the molecule is CCn1c(C)cc(C(=O)CN2CCN(c3ccccc3C)CC2)c1C. The highest BCUT2D eigenvalue weighted by Crippen LogP contribution is 2.21. The van der Waals surface area contributed by atoms with E-state index in [0.717, 1.165) is 44.0 Å². The lowest BCUT2D eigenvalue weighted by molar-refractivity contribution is 0.0925. The summed E-state index contributed by atoms with van der Waals surface area (Å²) >= 11 is 0. The van der Waals surface area contributed by atoms with E-state index in [1.807, 2.05) is 6.07 Å². The van der Waals surface area contributed by atoms with Gasteiger partial charge in [0, 0.05) is 55.4 Å². The first-order chi connectivity index (χ1) is 12.0. The summed E-state index contributed by atoms with van der Waals surface area (Å²) in [6.45, 7) is 13.7. The summed E-state index contributed by atoms with van der Waals surface area (Å²) in [5.74, 6) is 0.247. The van der Waals surface area contributed by atoms with Crippen LogP contribution in [0.2, 0.25) is 0 Å². The van der Waals surface area contributed by atoms with Crippen LogP contribution in [0.15, 0.2) is 30.3 Å². The lowest BCUT2D eigenvalue weighted by Crippen LogP contribution is -2.48. The number of carbonyl (C=O) groups is 1. The number of aryl methyl sites for hydroxylation is 2. The van der Waals surface area contributed by atoms with Crippen LogP contribution in [0, 0.1) is 20.8 Å². The Kier molecular flexibility index (Phi) is 5.28. The van der Waals surface area contributed by atoms with Gasteiger partial charge in [0.05, 0.1) is 6.54 Å². The second-order valence-electron chi connectivity index (χ2n) is 7.00. The molecule has 0 saturated carbocycles. The molecule has 2 aromatic rings. The first kappa shape index (κ1) is 17.7. The van der Waals surface area contributed by atoms with Gasteiger partial charge in [-0.15, -0.1) is 0 Å². The van der Waals surface area contributed by atoms with E-state index in [-0.39, 0.29) is 5.78 Å². The zero-order valence-corrected chi connectivity index (χ0v) is 15.9. The van der Waals surface area contributed by atoms with E-state index in [1.54, 1.807) is 0 Å². The average Bonchev–Trinajstić information content (AvgIpc) is 2.90. The van der Waals surface area contributed by atoms with Crippen LogP contribution in [0.1, 0.15) is 34.2 Å². The molecule has 0 aliphatic carbocycles. The highest BCUT2D eigenvalue weighted by Gasteiger charge is 2.22. The van der Waals surface area contributed by atoms with Crippen molar-refractivity contribution in [3.8, 4) is 0 Å². The Labute approximate surface area is 151 Å². The van der Waals surface area contributed by atoms with Crippen LogP contribution in [-0.4, -0.2) is 48.0 Å². The maximum atomic E-state index is 12.8. The first-order valence-corrected chi connectivity index (χ1v) is 9.24. The standard InChI is InChI=1S/C21H29N3O/c1-5-24-17(3)14-19(18(24)4)21(25)15-22-10-12-23(13-11-22)20-9-7-6-8-16(20)2/h6-9,14H,5,10-13,15H2,1-4H3. The molecule has 0 bridgehead atoms. The van der Waals surface area contributed by atoms with Gasteiger partial charge in [-0.25, -0.2) is 0 Å². The molecule has 0 N–H and O–H groups in total. The van der Waals surface area contributed by atoms with Crippen molar-refractivity contribution in [3.63, 3.8) is 0 Å². The van der Waals surface area contributed by atoms with Crippen LogP contribution in [0.25, 0.3) is 0 Å². The van der Waals surface area contributed by atoms with Crippen molar-refractivity contribution in [2.24, 2.45) is 0 Å². The number of aromatic nitrogens is 1. The number of benzene rings is 1. The van der Waals surface area contributed by atoms with Crippen LogP contribution in [0.3, 0.4) is 0 Å². The van der Waals surface area contributed by atoms with Gasteiger partial charge in [0.25, 0.3) is 0 Å². The fraction of sp³-hybridized carbons (Fsp3) is 0.476. The molecule has 0 amide bonds. The number of nitrogens with zero attached hydrogens (tertiary/aromatic N) is 3. The number of para-hydroxylation sites is 1. The summed E-state index contributed by atoms with van der Waals surface area (Å²) in [5.41, 5.74) is 5.80. The first-order valence-electron chi connectivity index (χ1n) is 9.24. The lowest BCUT2D eigenvalue weighted by Gasteiger charge is -2.36. The van der Waals surface area contributed by atoms with E-state index in [0.29, 0.717) is 6.54 Å². The highest BCUT2D eigenvalue weighted by atomic mass is 16.1. The number of ketones is 1. The van der Waals surface area contributed by atoms with E-state index < -0.39 is 0 Å². The number of anilines is 1. The summed E-state index contributed by atoms with van der Waals surface area (Å²) in [7, 11) is 0. The smallest absolute Gasteiger partial charge is 0.178 e. The van der Waals surface area contributed by atoms with E-state index in [1.165, 1.54) is 16.9 Å². The van der Waals surface area contributed by atoms with Gasteiger partial charge < -0.3 is 9.47 Å². The zero-order valence-electron chi connectivity index (χ0n) is 15.9. The van der Waals surface area contributed by atoms with Gasteiger partial charge in [-0.1, -0.05) is 18.2 Å². The Morgan fingerprint density at radius 1 is 1.04 bits per heavy atom. The second-order valence-corrected chi connectivity index (χ2v) is 7.00. The van der Waals surface area contributed by atoms with Crippen LogP contribution in [0.5, 0.6) is 0 Å². The van der Waals surface area contributed by atoms with Gasteiger partial charge in [0.2, 0.25) is 0 Å². The molecule has 2 heterocycles. The molecular formula is C21H29N3O. The van der Waals surface area contributed by atoms with Gasteiger partial charge in [-0.05, 0) is 45.4 Å². The number of carbonyl (C=O) groups excluding carboxylic acids is 1. The van der Waals surface area contributed by atoms with Gasteiger partial charge >= 0.3 is 0 Å². The molecule has 4 nitrogen and oxygen atoms in total. The van der Waals surface area contributed by atoms with Crippen LogP contribution in [-0.2, 0) is 6.54 Å². The third-order valence-corrected chi connectivity index (χ3v) is 5.39. The summed E-state index contributed by atoms with van der Waals surface area (Å²) in [6, 6.07) is 10.6. The Morgan fingerprint density at radius 3 is 2.32 bits per heavy atom. The number of piperazine rings is 1. The largest absolute Gasteiger partial charge is 0.369 e. The third kappa shape index (κ3) is 3.64. The normalized spacial score (nSPS) is 15.6. The van der Waals surface area contributed by atoms with Crippen LogP contribution >= 0.6 is 0 Å². The molecule has 4 heteroatoms. The fourth-order valence-corrected chi connectivity index (χ4v) is 3.92. The quantitative estimate of drug-likeness (QED) is 0.781. The number of Topliss-reactive ketones (excluding diaryl/α,β-unsaturated/α-hetero) is 1. The van der Waals surface area contributed by atoms with Crippen molar-refractivity contribution >= 4 is 11.5 Å². The maximum absolute atomic E-state index is 12.8. The van der Waals surface area contributed by atoms with Crippen molar-refractivity contribution in [1.82, 2.24) is 9.47 Å². The summed E-state index contributed by atoms with van der Waals surface area (Å²) in [5, 5.41) is 0. The maximum Gasteiger partial charge on any atom is 0.178 e. The van der Waals surface area contributed by atoms with E-state index in [2.05, 4.69) is 66.3 Å². The highest BCUT2D eigenvalue weighted by molar-refractivity contribution is 5.99. The third-order valence-electron chi connectivity index (χ3n) is 5.39. The Bertz CT molecular complexity index is 754. The zero-order chi connectivity index (χ0) is 18.0. The van der Waals surface area contributed by atoms with Crippen LogP contribution in [0.4, 0.5) is 5.69 Å². The average molecular weight is 339 g/mol. The van der Waals surface area contributed by atoms with Gasteiger partial charge in [0.15, 0.2) is 5.78 Å². The molecule has 0 spiro atoms. The molecule has 25 heavy (non-hydrogen) atoms. The monoisotopic (exact) mass is 339 g/mol. The second kappa shape index (κ2) is 7.44. The van der Waals surface area contributed by atoms with Crippen molar-refractivity contribution in [2.75, 3.05) is 37.6 Å². The molecule has 1 aromatic carbocycles. The van der Waals surface area contributed by atoms with Crippen molar-refractivity contribution in [2.45, 2.75) is 34.2 Å². The Hall–Kier alpha value is -2.07. The molecule has 1 saturated heterocycles. The summed E-state index contributed by atoms with van der Waals surface area (Å²) < 4.78 is 2.21. The predicted molar refractivity (Wildman–Crippen MR) is 104 cm³/mol. The fourth-order valence-electron chi connectivity index (χ4n) is 3.92. The van der Waals surface area contributed by atoms with Crippen molar-refractivity contribution in [1.29, 1.82) is 0 Å². The van der Waals surface area contributed by atoms with Crippen molar-refractivity contribution in [3.05, 3.63) is 52.8 Å². The molecule has 0 radical (unpaired) electrons. The molecule has 1 fully saturated rings. The molecule has 1 aromatic heterocycles. The molecule has 1 aliphatic rings. The summed E-state index contributed by atoms with van der Waals surface area (Å²) in [4.78, 5) is 17.5. The predicted octanol–water partition coefficient (Wildman–Crippen LogP) is 3.44. The molecule has 1 aliphatic heterocycles. The van der Waals surface area contributed by atoms with E-state index >= 15 is 0 Å². The molecule has 0 atom stereocenters. The van der Waals surface area contributed by atoms with Crippen LogP contribution < -0.4 is 4.90 Å². The van der Waals surface area contributed by atoms with Gasteiger partial charge in [-0.3, -0.25) is 9.69 Å². The topological polar surface area (TPSA) is 28.5 Å². The minimum absolute atomic E-state index is 0.247. The Balaban J connectivity index is 1.61. The number of hydrogen-bond donors (Lipinski definition) is 0. The number of rotatable bonds is 5. The molecule has 134 valence electrons. The minimum atomic E-state index is 0.247. The van der Waals surface area contributed by atoms with E-state index in [4.69, 9.17) is 0 Å². The summed E-state index contributed by atoms with van der Waals surface area (Å²) in [6.07, 6.45) is 0. The molecule has 3 rings (SSSR count). The van der Waals surface area contributed by atoms with Gasteiger partial charge in [0.1, 0.15) is 0 Å². The van der Waals surface area contributed by atoms with E-state index in [9.17, 15) is 4.79 Å². The van der Waals surface area contributed by atoms with Gasteiger partial charge in [-0.2, -0.15) is 0 Å². The molecular weight excluding hydrogens is 310 g/mol. The Morgan fingerprint density at radius 2 is 1.72 bits per heavy atom. The molecule has 0 unspecified atom stereocenters. The minimum Gasteiger partial charge on any atom is -0.369 e. The lowest BCUT2D eigenvalue weighted by atomic mass is 10.1.